The Balaban J connectivity index is 1.87. The Hall–Kier alpha value is -3.66. The summed E-state index contributed by atoms with van der Waals surface area (Å²) in [7, 11) is 2.94. The fraction of sp³-hybridized carbons (Fsp3) is 0.227. The van der Waals surface area contributed by atoms with Gasteiger partial charge >= 0.3 is 0 Å². The maximum atomic E-state index is 13.4. The van der Waals surface area contributed by atoms with E-state index in [1.165, 1.54) is 31.3 Å². The quantitative estimate of drug-likeness (QED) is 0.320. The van der Waals surface area contributed by atoms with Gasteiger partial charge < -0.3 is 9.47 Å². The van der Waals surface area contributed by atoms with Gasteiger partial charge in [0, 0.05) is 5.56 Å². The Morgan fingerprint density at radius 1 is 1.03 bits per heavy atom. The third-order valence-corrected chi connectivity index (χ3v) is 6.03. The second kappa shape index (κ2) is 8.46. The summed E-state index contributed by atoms with van der Waals surface area (Å²) < 4.78 is 24.0. The Bertz CT molecular complexity index is 1210. The molecule has 10 heteroatoms. The Morgan fingerprint density at radius 2 is 1.72 bits per heavy atom. The molecule has 164 valence electrons. The van der Waals surface area contributed by atoms with E-state index < -0.39 is 35.3 Å². The van der Waals surface area contributed by atoms with Crippen LogP contribution in [0.15, 0.2) is 42.5 Å². The lowest BCUT2D eigenvalue weighted by Crippen LogP contribution is -2.30. The van der Waals surface area contributed by atoms with E-state index in [0.29, 0.717) is 22.1 Å². The number of benzene rings is 2. The lowest BCUT2D eigenvalue weighted by atomic mass is 9.86. The Labute approximate surface area is 186 Å². The number of hydrogen-bond acceptors (Lipinski definition) is 8. The monoisotopic (exact) mass is 455 g/mol. The van der Waals surface area contributed by atoms with E-state index in [1.807, 2.05) is 0 Å². The lowest BCUT2D eigenvalue weighted by molar-refractivity contribution is -0.135. The molecule has 0 N–H and O–H groups in total. The van der Waals surface area contributed by atoms with Crippen molar-refractivity contribution in [1.82, 2.24) is 10.2 Å². The van der Waals surface area contributed by atoms with Gasteiger partial charge in [-0.15, -0.1) is 10.2 Å². The number of methoxy groups -OCH3 is 2. The van der Waals surface area contributed by atoms with Crippen LogP contribution in [-0.2, 0) is 9.59 Å². The number of carbonyl (C=O) groups is 3. The maximum absolute atomic E-state index is 13.4. The number of carbonyl (C=O) groups excluding carboxylic acids is 3. The normalized spacial score (nSPS) is 18.2. The van der Waals surface area contributed by atoms with Crippen LogP contribution >= 0.6 is 11.3 Å². The molecule has 2 heterocycles. The highest BCUT2D eigenvalue weighted by Crippen LogP contribution is 2.44. The van der Waals surface area contributed by atoms with Gasteiger partial charge in [0.1, 0.15) is 16.7 Å². The van der Waals surface area contributed by atoms with Gasteiger partial charge in [-0.2, -0.15) is 0 Å². The van der Waals surface area contributed by atoms with Gasteiger partial charge in [-0.1, -0.05) is 17.4 Å². The van der Waals surface area contributed by atoms with Crippen molar-refractivity contribution in [2.75, 3.05) is 19.1 Å². The summed E-state index contributed by atoms with van der Waals surface area (Å²) in [6.45, 7) is 1.72. The molecule has 1 aliphatic rings. The van der Waals surface area contributed by atoms with Crippen LogP contribution in [-0.4, -0.2) is 41.9 Å². The fourth-order valence-corrected chi connectivity index (χ4v) is 4.42. The minimum Gasteiger partial charge on any atom is -0.493 e. The largest absolute Gasteiger partial charge is 0.493 e. The van der Waals surface area contributed by atoms with Crippen LogP contribution in [0, 0.1) is 18.7 Å². The van der Waals surface area contributed by atoms with Crippen molar-refractivity contribution in [3.8, 4) is 11.5 Å². The van der Waals surface area contributed by atoms with Crippen molar-refractivity contribution in [2.45, 2.75) is 13.0 Å². The number of ether oxygens (including phenoxy) is 2. The van der Waals surface area contributed by atoms with Crippen molar-refractivity contribution >= 4 is 33.9 Å². The van der Waals surface area contributed by atoms with Gasteiger partial charge in [0.2, 0.25) is 10.9 Å². The number of nitrogens with zero attached hydrogens (tertiary/aromatic N) is 3. The van der Waals surface area contributed by atoms with Crippen LogP contribution in [0.5, 0.6) is 11.5 Å². The number of rotatable bonds is 6. The molecule has 1 aromatic heterocycles. The molecule has 0 aliphatic carbocycles. The van der Waals surface area contributed by atoms with E-state index >= 15 is 0 Å². The van der Waals surface area contributed by atoms with Crippen LogP contribution in [0.25, 0.3) is 0 Å². The first kappa shape index (κ1) is 21.6. The molecule has 1 aliphatic heterocycles. The molecule has 2 atom stereocenters. The molecule has 3 aromatic rings. The van der Waals surface area contributed by atoms with Crippen molar-refractivity contribution in [3.63, 3.8) is 0 Å². The van der Waals surface area contributed by atoms with Gasteiger partial charge in [-0.25, -0.2) is 4.39 Å². The van der Waals surface area contributed by atoms with Gasteiger partial charge in [-0.3, -0.25) is 19.3 Å². The fourth-order valence-electron chi connectivity index (χ4n) is 3.69. The number of hydrogen-bond donors (Lipinski definition) is 0. The number of Topliss-reactive ketones (excluding diaryl/α,β-unsaturated/α-hetero) is 2. The minimum atomic E-state index is -1.35. The first-order chi connectivity index (χ1) is 15.3. The zero-order valence-electron chi connectivity index (χ0n) is 17.4. The van der Waals surface area contributed by atoms with E-state index in [1.54, 1.807) is 25.1 Å². The van der Waals surface area contributed by atoms with Gasteiger partial charge in [0.05, 0.1) is 20.3 Å². The predicted molar refractivity (Wildman–Crippen MR) is 114 cm³/mol. The third kappa shape index (κ3) is 3.62. The molecule has 1 amide bonds. The first-order valence-electron chi connectivity index (χ1n) is 9.55. The summed E-state index contributed by atoms with van der Waals surface area (Å²) in [5.41, 5.74) is 0.605. The van der Waals surface area contributed by atoms with Crippen LogP contribution < -0.4 is 14.4 Å². The Kier molecular flexibility index (Phi) is 5.70. The predicted octanol–water partition coefficient (Wildman–Crippen LogP) is 3.16. The van der Waals surface area contributed by atoms with Gasteiger partial charge in [-0.05, 0) is 48.9 Å². The lowest BCUT2D eigenvalue weighted by Gasteiger charge is -2.25. The molecular formula is C22H18FN3O5S. The zero-order chi connectivity index (χ0) is 23.0. The summed E-state index contributed by atoms with van der Waals surface area (Å²) in [6.07, 6.45) is 0. The number of anilines is 1. The molecule has 0 spiro atoms. The standard InChI is InChI=1S/C22H18FN3O5S/c1-11-24-25-22(32-11)26-18(13-6-9-15(30-2)16(10-13)31-3)17(20(28)21(26)29)19(27)12-4-7-14(23)8-5-12/h4-10,17-18H,1-3H3. The number of aryl methyl sites for hydroxylation is 1. The molecule has 4 rings (SSSR count). The topological polar surface area (TPSA) is 98.7 Å². The van der Waals surface area contributed by atoms with E-state index in [-0.39, 0.29) is 10.7 Å². The van der Waals surface area contributed by atoms with Gasteiger partial charge in [0.25, 0.3) is 5.91 Å². The molecule has 8 nitrogen and oxygen atoms in total. The second-order valence-corrected chi connectivity index (χ2v) is 8.21. The molecular weight excluding hydrogens is 437 g/mol. The van der Waals surface area contributed by atoms with Crippen molar-refractivity contribution in [2.24, 2.45) is 5.92 Å². The second-order valence-electron chi connectivity index (χ2n) is 7.05. The first-order valence-corrected chi connectivity index (χ1v) is 10.4. The summed E-state index contributed by atoms with van der Waals surface area (Å²) in [4.78, 5) is 40.6. The van der Waals surface area contributed by atoms with Crippen LogP contribution in [0.2, 0.25) is 0 Å². The highest BCUT2D eigenvalue weighted by atomic mass is 32.1. The van der Waals surface area contributed by atoms with Crippen LogP contribution in [0.1, 0.15) is 27.0 Å². The van der Waals surface area contributed by atoms with Crippen molar-refractivity contribution in [1.29, 1.82) is 0 Å². The third-order valence-electron chi connectivity index (χ3n) is 5.19. The number of halogens is 1. The van der Waals surface area contributed by atoms with E-state index in [4.69, 9.17) is 9.47 Å². The molecule has 0 bridgehead atoms. The molecule has 1 saturated heterocycles. The van der Waals surface area contributed by atoms with Crippen LogP contribution in [0.3, 0.4) is 0 Å². The molecule has 32 heavy (non-hydrogen) atoms. The molecule has 2 aromatic carbocycles. The van der Waals surface area contributed by atoms with Crippen molar-refractivity contribution < 1.29 is 28.2 Å². The van der Waals surface area contributed by atoms with Crippen LogP contribution in [0.4, 0.5) is 9.52 Å². The summed E-state index contributed by atoms with van der Waals surface area (Å²) in [5, 5.41) is 8.76. The van der Waals surface area contributed by atoms with Gasteiger partial charge in [0.15, 0.2) is 17.3 Å². The summed E-state index contributed by atoms with van der Waals surface area (Å²) in [5.74, 6) is -3.36. The maximum Gasteiger partial charge on any atom is 0.297 e. The Morgan fingerprint density at radius 3 is 2.31 bits per heavy atom. The highest BCUT2D eigenvalue weighted by molar-refractivity contribution is 7.15. The summed E-state index contributed by atoms with van der Waals surface area (Å²) in [6, 6.07) is 8.75. The molecule has 2 unspecified atom stereocenters. The van der Waals surface area contributed by atoms with E-state index in [9.17, 15) is 18.8 Å². The molecule has 0 saturated carbocycles. The molecule has 0 radical (unpaired) electrons. The average molecular weight is 455 g/mol. The number of ketones is 2. The average Bonchev–Trinajstić information content (AvgIpc) is 3.34. The number of amides is 1. The van der Waals surface area contributed by atoms with E-state index in [0.717, 1.165) is 23.5 Å². The van der Waals surface area contributed by atoms with E-state index in [2.05, 4.69) is 10.2 Å². The number of aromatic nitrogens is 2. The summed E-state index contributed by atoms with van der Waals surface area (Å²) >= 11 is 1.13. The highest BCUT2D eigenvalue weighted by Gasteiger charge is 2.53. The van der Waals surface area contributed by atoms with Crippen molar-refractivity contribution in [3.05, 3.63) is 64.4 Å². The SMILES string of the molecule is COc1ccc(C2C(C(=O)c3ccc(F)cc3)C(=O)C(=O)N2c2nnc(C)s2)cc1OC. The smallest absolute Gasteiger partial charge is 0.297 e. The zero-order valence-corrected chi connectivity index (χ0v) is 18.2. The molecule has 1 fully saturated rings. The minimum absolute atomic E-state index is 0.123.